The van der Waals surface area contributed by atoms with Crippen LogP contribution < -0.4 is 62.4 Å². The van der Waals surface area contributed by atoms with Crippen LogP contribution in [0.4, 0.5) is 0 Å². The first-order valence-electron chi connectivity index (χ1n) is 37.4. The van der Waals surface area contributed by atoms with Gasteiger partial charge in [0.25, 0.3) is 0 Å². The van der Waals surface area contributed by atoms with Crippen LogP contribution in [0.1, 0.15) is 214 Å². The van der Waals surface area contributed by atoms with E-state index < -0.39 is 66.4 Å². The number of nitrogens with one attached hydrogen (secondary N) is 11. The molecule has 7 atom stereocenters. The Labute approximate surface area is 629 Å². The summed E-state index contributed by atoms with van der Waals surface area (Å²) in [6.07, 6.45) is 21.0. The predicted molar refractivity (Wildman–Crippen MR) is 397 cm³/mol. The molecule has 16 N–H and O–H groups in total. The second-order valence-electron chi connectivity index (χ2n) is 26.0. The van der Waals surface area contributed by atoms with Crippen LogP contribution in [-0.2, 0) is 86.0 Å². The number of aliphatic hydroxyl groups excluding tert-OH is 1. The number of hydrogen-bond acceptors (Lipinski definition) is 21. The number of carbonyl (C=O) groups is 12. The molecule has 0 spiro atoms. The molecule has 602 valence electrons. The number of rotatable bonds is 73. The van der Waals surface area contributed by atoms with Crippen molar-refractivity contribution >= 4 is 93.9 Å². The molecule has 1 unspecified atom stereocenters. The fourth-order valence-electron chi connectivity index (χ4n) is 10.2. The standard InChI is InChI=1S/C70H129IN12O21/c1-52(73-34-21-22-36-74-58(85)24-17-15-13-11-9-7-5-6-8-10-12-14-16-18-25-66(93)94)26-30-60(87)76-37-40-100-45-48-104-51-65(92)81-57(70(97)98)29-33-62(89)78-39-42-101-44-47-103-50-64(91)80-54(3)28-32-61(88)77-38-41-99-43-46-102-49-63(90)79-53(2)27-31-59(86)75-35-20-19-23-56(83-71)69(96)82-67(55(4)84)68(72)95/h52-57,67,73,83-84H,5-51H2,1-4H3,(H2,72,95)(H,74,85)(H,75,86)(H,76,87)(H,77,88)(H,78,89)(H,79,90)(H,80,91)(H,81,92)(H,82,96)(H,93,94)(H,97,98)/t52-,53-,54-,55-,56+,57+,67?/m1/s1. The van der Waals surface area contributed by atoms with Crippen LogP contribution >= 0.6 is 22.9 Å². The molecule has 33 nitrogen and oxygen atoms in total. The number of carboxylic acid groups (broad SMARTS) is 2. The third-order valence-electron chi connectivity index (χ3n) is 16.3. The Morgan fingerprint density at radius 3 is 1.09 bits per heavy atom. The van der Waals surface area contributed by atoms with E-state index in [9.17, 15) is 67.7 Å². The first kappa shape index (κ1) is 98.0. The van der Waals surface area contributed by atoms with Crippen LogP contribution in [0.15, 0.2) is 0 Å². The molecule has 0 bridgehead atoms. The third-order valence-corrected chi connectivity index (χ3v) is 17.0. The molecule has 34 heteroatoms. The van der Waals surface area contributed by atoms with Gasteiger partial charge in [0.1, 0.15) is 31.9 Å². The summed E-state index contributed by atoms with van der Waals surface area (Å²) < 4.78 is 35.2. The highest BCUT2D eigenvalue weighted by molar-refractivity contribution is 14.1. The van der Waals surface area contributed by atoms with E-state index in [1.54, 1.807) is 13.8 Å². The SMILES string of the molecule is C[C@H](CCC(=O)NCCOCCOCC(=O)N[C@@H](CCC(=O)NCCOCCOCC(=O)N[C@H](C)CCC(=O)NCCOCCOCC(=O)N[C@H](C)CCC(=O)NCCCC[C@H](NI)C(=O)NC(C(N)=O)[C@@H](C)O)C(=O)O)NCCCCNC(=O)CCCCCCCCCCCCCCCCC(=O)O. The fourth-order valence-corrected chi connectivity index (χ4v) is 10.8. The Morgan fingerprint density at radius 1 is 0.346 bits per heavy atom. The number of amides is 10. The van der Waals surface area contributed by atoms with Crippen LogP contribution in [0, 0.1) is 0 Å². The average molecular weight is 1600 g/mol. The maximum atomic E-state index is 12.5. The molecule has 0 aliphatic heterocycles. The minimum atomic E-state index is -1.32. The number of carboxylic acids is 2. The largest absolute Gasteiger partial charge is 0.481 e. The minimum Gasteiger partial charge on any atom is -0.481 e. The zero-order valence-electron chi connectivity index (χ0n) is 62.4. The van der Waals surface area contributed by atoms with Crippen molar-refractivity contribution in [3.8, 4) is 0 Å². The van der Waals surface area contributed by atoms with E-state index in [2.05, 4.69) is 56.7 Å². The molecular formula is C70H129IN12O21. The van der Waals surface area contributed by atoms with Gasteiger partial charge in [-0.1, -0.05) is 77.0 Å². The molecule has 0 aromatic rings. The Hall–Kier alpha value is -5.99. The highest BCUT2D eigenvalue weighted by atomic mass is 127. The van der Waals surface area contributed by atoms with E-state index >= 15 is 0 Å². The van der Waals surface area contributed by atoms with Gasteiger partial charge in [-0.15, -0.1) is 0 Å². The fraction of sp³-hybridized carbons (Fsp3) is 0.829. The van der Waals surface area contributed by atoms with E-state index in [4.69, 9.17) is 39.3 Å². The zero-order chi connectivity index (χ0) is 77.2. The first-order chi connectivity index (χ1) is 49.9. The summed E-state index contributed by atoms with van der Waals surface area (Å²) in [7, 11) is 0. The number of hydrogen-bond donors (Lipinski definition) is 15. The lowest BCUT2D eigenvalue weighted by Gasteiger charge is -2.21. The first-order valence-corrected chi connectivity index (χ1v) is 38.5. The summed E-state index contributed by atoms with van der Waals surface area (Å²) in [5.74, 6) is -5.58. The number of halogens is 1. The molecule has 0 aromatic carbocycles. The van der Waals surface area contributed by atoms with Crippen LogP contribution in [0.5, 0.6) is 0 Å². The van der Waals surface area contributed by atoms with Crippen molar-refractivity contribution in [1.29, 1.82) is 0 Å². The molecule has 0 fully saturated rings. The highest BCUT2D eigenvalue weighted by Gasteiger charge is 2.27. The number of aliphatic carboxylic acids is 2. The summed E-state index contributed by atoms with van der Waals surface area (Å²) in [6.45, 7) is 9.86. The van der Waals surface area contributed by atoms with Crippen molar-refractivity contribution in [2.75, 3.05) is 119 Å². The van der Waals surface area contributed by atoms with Gasteiger partial charge in [-0.25, -0.2) is 8.32 Å². The van der Waals surface area contributed by atoms with E-state index in [1.807, 2.05) is 29.8 Å². The van der Waals surface area contributed by atoms with Gasteiger partial charge in [-0.3, -0.25) is 52.7 Å². The highest BCUT2D eigenvalue weighted by Crippen LogP contribution is 2.15. The van der Waals surface area contributed by atoms with E-state index in [1.165, 1.54) is 64.7 Å². The summed E-state index contributed by atoms with van der Waals surface area (Å²) >= 11 is 1.83. The van der Waals surface area contributed by atoms with Crippen LogP contribution in [0.25, 0.3) is 0 Å². The molecule has 0 saturated heterocycles. The van der Waals surface area contributed by atoms with Gasteiger partial charge in [-0.05, 0) is 105 Å². The van der Waals surface area contributed by atoms with Crippen molar-refractivity contribution in [2.45, 2.75) is 256 Å². The molecule has 0 aliphatic carbocycles. The van der Waals surface area contributed by atoms with Crippen molar-refractivity contribution in [3.05, 3.63) is 0 Å². The molecule has 104 heavy (non-hydrogen) atoms. The maximum Gasteiger partial charge on any atom is 0.326 e. The van der Waals surface area contributed by atoms with Crippen LogP contribution in [-0.4, -0.2) is 247 Å². The second-order valence-corrected chi connectivity index (χ2v) is 26.6. The molecule has 0 aliphatic rings. The summed E-state index contributed by atoms with van der Waals surface area (Å²) in [5.41, 5.74) is 5.24. The topological polar surface area (TPSA) is 479 Å². The average Bonchev–Trinajstić information content (AvgIpc) is 0.972. The van der Waals surface area contributed by atoms with Gasteiger partial charge in [0, 0.05) is 112 Å². The Bertz CT molecular complexity index is 2370. The van der Waals surface area contributed by atoms with Gasteiger partial charge < -0.3 is 103 Å². The van der Waals surface area contributed by atoms with Gasteiger partial charge >= 0.3 is 11.9 Å². The minimum absolute atomic E-state index is 0.0516. The number of aliphatic hydroxyl groups is 1. The lowest BCUT2D eigenvalue weighted by Crippen LogP contribution is -2.54. The van der Waals surface area contributed by atoms with Gasteiger partial charge in [0.05, 0.1) is 71.6 Å². The third kappa shape index (κ3) is 63.3. The van der Waals surface area contributed by atoms with E-state index in [-0.39, 0.29) is 171 Å². The molecule has 0 heterocycles. The molecule has 0 rings (SSSR count). The maximum absolute atomic E-state index is 12.5. The lowest BCUT2D eigenvalue weighted by molar-refractivity contribution is -0.143. The predicted octanol–water partition coefficient (Wildman–Crippen LogP) is 2.28. The van der Waals surface area contributed by atoms with Crippen molar-refractivity contribution < 1.29 is 101 Å². The summed E-state index contributed by atoms with van der Waals surface area (Å²) in [5, 5.41) is 55.7. The van der Waals surface area contributed by atoms with Gasteiger partial charge in [0.15, 0.2) is 0 Å². The Balaban J connectivity index is 3.82. The summed E-state index contributed by atoms with van der Waals surface area (Å²) in [6, 6.07) is -3.60. The monoisotopic (exact) mass is 1600 g/mol. The molecule has 10 amide bonds. The second kappa shape index (κ2) is 67.6. The number of ether oxygens (including phenoxy) is 6. The lowest BCUT2D eigenvalue weighted by atomic mass is 10.0. The number of primary amides is 1. The smallest absolute Gasteiger partial charge is 0.326 e. The number of unbranched alkanes of at least 4 members (excludes halogenated alkanes) is 15. The molecule has 0 radical (unpaired) electrons. The van der Waals surface area contributed by atoms with Crippen LogP contribution in [0.2, 0.25) is 0 Å². The zero-order valence-corrected chi connectivity index (χ0v) is 64.6. The Kier molecular flexibility index (Phi) is 63.7. The van der Waals surface area contributed by atoms with Crippen LogP contribution in [0.3, 0.4) is 0 Å². The normalized spacial score (nSPS) is 13.2. The summed E-state index contributed by atoms with van der Waals surface area (Å²) in [4.78, 5) is 145. The molecule has 0 saturated carbocycles. The van der Waals surface area contributed by atoms with Gasteiger partial charge in [-0.2, -0.15) is 0 Å². The van der Waals surface area contributed by atoms with Crippen molar-refractivity contribution in [3.63, 3.8) is 0 Å². The van der Waals surface area contributed by atoms with Crippen molar-refractivity contribution in [1.82, 2.24) is 56.7 Å². The van der Waals surface area contributed by atoms with Gasteiger partial charge in [0.2, 0.25) is 59.1 Å². The number of nitrogens with two attached hydrogens (primary N) is 1. The number of carbonyl (C=O) groups excluding carboxylic acids is 10. The quantitative estimate of drug-likeness (QED) is 0.0236. The van der Waals surface area contributed by atoms with E-state index in [0.29, 0.717) is 71.0 Å². The Morgan fingerprint density at radius 2 is 0.692 bits per heavy atom. The molecular weight excluding hydrogens is 1470 g/mol. The van der Waals surface area contributed by atoms with Crippen molar-refractivity contribution in [2.24, 2.45) is 5.73 Å². The molecule has 0 aromatic heterocycles. The van der Waals surface area contributed by atoms with E-state index in [0.717, 1.165) is 51.5 Å².